The van der Waals surface area contributed by atoms with Gasteiger partial charge >= 0.3 is 0 Å². The maximum atomic E-state index is 13.4. The zero-order valence-electron chi connectivity index (χ0n) is 16.7. The van der Waals surface area contributed by atoms with Crippen LogP contribution in [0.2, 0.25) is 0 Å². The van der Waals surface area contributed by atoms with E-state index in [2.05, 4.69) is 4.90 Å². The van der Waals surface area contributed by atoms with Gasteiger partial charge in [0.2, 0.25) is 5.91 Å². The summed E-state index contributed by atoms with van der Waals surface area (Å²) in [5.41, 5.74) is 2.35. The fourth-order valence-corrected chi connectivity index (χ4v) is 4.20. The molecule has 1 fully saturated rings. The number of benzene rings is 1. The first kappa shape index (κ1) is 19.5. The SMILES string of the molecule is CN(C)C(=O)CN1CCN(C(=O)c2cc(-c3cccs3)nc3ccccc23)CC1. The van der Waals surface area contributed by atoms with Crippen LogP contribution in [0, 0.1) is 0 Å². The number of pyridine rings is 1. The van der Waals surface area contributed by atoms with E-state index in [1.54, 1.807) is 30.3 Å². The average molecular weight is 409 g/mol. The van der Waals surface area contributed by atoms with E-state index in [0.717, 1.165) is 21.5 Å². The van der Waals surface area contributed by atoms with Gasteiger partial charge in [-0.15, -0.1) is 11.3 Å². The van der Waals surface area contributed by atoms with Gasteiger partial charge in [0.1, 0.15) is 0 Å². The lowest BCUT2D eigenvalue weighted by Gasteiger charge is -2.35. The minimum absolute atomic E-state index is 0.0278. The molecule has 1 aliphatic rings. The van der Waals surface area contributed by atoms with Crippen molar-refractivity contribution in [1.82, 2.24) is 19.7 Å². The molecule has 0 unspecified atom stereocenters. The standard InChI is InChI=1S/C22H24N4O2S/c1-24(2)21(27)15-25-9-11-26(12-10-25)22(28)17-14-19(20-8-5-13-29-20)23-18-7-4-3-6-16(17)18/h3-8,13-14H,9-12,15H2,1-2H3. The van der Waals surface area contributed by atoms with Gasteiger partial charge in [0.15, 0.2) is 0 Å². The zero-order valence-corrected chi connectivity index (χ0v) is 17.5. The summed E-state index contributed by atoms with van der Waals surface area (Å²) in [6.45, 7) is 3.03. The van der Waals surface area contributed by atoms with Gasteiger partial charge in [-0.05, 0) is 23.6 Å². The molecule has 0 N–H and O–H groups in total. The molecule has 0 aliphatic carbocycles. The Morgan fingerprint density at radius 1 is 1.07 bits per heavy atom. The Morgan fingerprint density at radius 2 is 1.83 bits per heavy atom. The van der Waals surface area contributed by atoms with Crippen molar-refractivity contribution in [2.24, 2.45) is 0 Å². The number of amides is 2. The molecule has 3 heterocycles. The third-order valence-electron chi connectivity index (χ3n) is 5.24. The van der Waals surface area contributed by atoms with Crippen LogP contribution >= 0.6 is 11.3 Å². The van der Waals surface area contributed by atoms with Crippen LogP contribution < -0.4 is 0 Å². The summed E-state index contributed by atoms with van der Waals surface area (Å²) in [5, 5.41) is 2.89. The number of likely N-dealkylation sites (N-methyl/N-ethyl adjacent to an activating group) is 1. The number of hydrogen-bond donors (Lipinski definition) is 0. The second-order valence-electron chi connectivity index (χ2n) is 7.41. The highest BCUT2D eigenvalue weighted by Gasteiger charge is 2.25. The van der Waals surface area contributed by atoms with E-state index in [1.165, 1.54) is 0 Å². The minimum atomic E-state index is 0.0278. The molecule has 150 valence electrons. The highest BCUT2D eigenvalue weighted by molar-refractivity contribution is 7.13. The van der Waals surface area contributed by atoms with Gasteiger partial charge in [0.05, 0.1) is 28.2 Å². The van der Waals surface area contributed by atoms with Crippen molar-refractivity contribution in [2.75, 3.05) is 46.8 Å². The molecule has 29 heavy (non-hydrogen) atoms. The van der Waals surface area contributed by atoms with Crippen molar-refractivity contribution < 1.29 is 9.59 Å². The largest absolute Gasteiger partial charge is 0.348 e. The molecule has 1 saturated heterocycles. The molecule has 0 atom stereocenters. The first-order valence-corrected chi connectivity index (χ1v) is 10.6. The van der Waals surface area contributed by atoms with E-state index in [4.69, 9.17) is 4.98 Å². The lowest BCUT2D eigenvalue weighted by molar-refractivity contribution is -0.130. The second-order valence-corrected chi connectivity index (χ2v) is 8.35. The molecule has 0 radical (unpaired) electrons. The lowest BCUT2D eigenvalue weighted by atomic mass is 10.1. The first-order valence-electron chi connectivity index (χ1n) is 9.68. The molecule has 2 amide bonds. The number of carbonyl (C=O) groups excluding carboxylic acids is 2. The topological polar surface area (TPSA) is 56.8 Å². The highest BCUT2D eigenvalue weighted by atomic mass is 32.1. The van der Waals surface area contributed by atoms with E-state index >= 15 is 0 Å². The summed E-state index contributed by atoms with van der Waals surface area (Å²) in [5.74, 6) is 0.116. The third-order valence-corrected chi connectivity index (χ3v) is 6.13. The molecule has 6 nitrogen and oxygen atoms in total. The molecule has 0 bridgehead atoms. The van der Waals surface area contributed by atoms with Gasteiger partial charge < -0.3 is 9.80 Å². The molecule has 1 aliphatic heterocycles. The zero-order chi connectivity index (χ0) is 20.4. The smallest absolute Gasteiger partial charge is 0.254 e. The summed E-state index contributed by atoms with van der Waals surface area (Å²) in [6, 6.07) is 13.7. The monoisotopic (exact) mass is 408 g/mol. The lowest BCUT2D eigenvalue weighted by Crippen LogP contribution is -2.51. The van der Waals surface area contributed by atoms with Gasteiger partial charge in [0.25, 0.3) is 5.91 Å². The fraction of sp³-hybridized carbons (Fsp3) is 0.318. The summed E-state index contributed by atoms with van der Waals surface area (Å²) in [4.78, 5) is 36.7. The molecule has 7 heteroatoms. The maximum absolute atomic E-state index is 13.4. The summed E-state index contributed by atoms with van der Waals surface area (Å²) < 4.78 is 0. The third kappa shape index (κ3) is 4.16. The summed E-state index contributed by atoms with van der Waals surface area (Å²) >= 11 is 1.62. The molecule has 0 saturated carbocycles. The van der Waals surface area contributed by atoms with Crippen LogP contribution in [0.5, 0.6) is 0 Å². The molecular formula is C22H24N4O2S. The molecule has 4 rings (SSSR count). The van der Waals surface area contributed by atoms with Crippen LogP contribution in [-0.2, 0) is 4.79 Å². The van der Waals surface area contributed by atoms with Crippen LogP contribution in [0.25, 0.3) is 21.5 Å². The van der Waals surface area contributed by atoms with Crippen molar-refractivity contribution in [2.45, 2.75) is 0 Å². The summed E-state index contributed by atoms with van der Waals surface area (Å²) in [7, 11) is 3.53. The van der Waals surface area contributed by atoms with Crippen LogP contribution in [0.1, 0.15) is 10.4 Å². The normalized spacial score (nSPS) is 14.9. The molecule has 0 spiro atoms. The minimum Gasteiger partial charge on any atom is -0.348 e. The molecular weight excluding hydrogens is 384 g/mol. The number of para-hydroxylation sites is 1. The van der Waals surface area contributed by atoms with Gasteiger partial charge in [-0.3, -0.25) is 14.5 Å². The van der Waals surface area contributed by atoms with E-state index < -0.39 is 0 Å². The molecule has 1 aromatic carbocycles. The molecule has 2 aromatic heterocycles. The van der Waals surface area contributed by atoms with Crippen molar-refractivity contribution in [1.29, 1.82) is 0 Å². The average Bonchev–Trinajstić information content (AvgIpc) is 3.28. The number of fused-ring (bicyclic) bond motifs is 1. The number of rotatable bonds is 4. The maximum Gasteiger partial charge on any atom is 0.254 e. The van der Waals surface area contributed by atoms with Crippen LogP contribution in [0.15, 0.2) is 47.8 Å². The van der Waals surface area contributed by atoms with Crippen LogP contribution in [-0.4, -0.2) is 78.3 Å². The van der Waals surface area contributed by atoms with Crippen molar-refractivity contribution in [3.63, 3.8) is 0 Å². The van der Waals surface area contributed by atoms with Gasteiger partial charge in [-0.2, -0.15) is 0 Å². The van der Waals surface area contributed by atoms with Crippen LogP contribution in [0.3, 0.4) is 0 Å². The Labute approximate surface area is 174 Å². The second kappa shape index (κ2) is 8.31. The van der Waals surface area contributed by atoms with Crippen molar-refractivity contribution in [3.8, 4) is 10.6 Å². The van der Waals surface area contributed by atoms with Gasteiger partial charge in [-0.1, -0.05) is 24.3 Å². The van der Waals surface area contributed by atoms with Crippen LogP contribution in [0.4, 0.5) is 0 Å². The number of aromatic nitrogens is 1. The van der Waals surface area contributed by atoms with Gasteiger partial charge in [-0.25, -0.2) is 4.98 Å². The predicted molar refractivity (Wildman–Crippen MR) is 116 cm³/mol. The Morgan fingerprint density at radius 3 is 2.52 bits per heavy atom. The van der Waals surface area contributed by atoms with Crippen molar-refractivity contribution >= 4 is 34.1 Å². The van der Waals surface area contributed by atoms with E-state index in [0.29, 0.717) is 38.3 Å². The highest BCUT2D eigenvalue weighted by Crippen LogP contribution is 2.28. The van der Waals surface area contributed by atoms with Gasteiger partial charge in [0, 0.05) is 45.7 Å². The predicted octanol–water partition coefficient (Wildman–Crippen LogP) is 2.81. The number of carbonyl (C=O) groups is 2. The number of nitrogens with zero attached hydrogens (tertiary/aromatic N) is 4. The fourth-order valence-electron chi connectivity index (χ4n) is 3.52. The molecule has 3 aromatic rings. The van der Waals surface area contributed by atoms with Crippen molar-refractivity contribution in [3.05, 3.63) is 53.4 Å². The Kier molecular flexibility index (Phi) is 5.60. The quantitative estimate of drug-likeness (QED) is 0.666. The Bertz CT molecular complexity index is 1020. The summed E-state index contributed by atoms with van der Waals surface area (Å²) in [6.07, 6.45) is 0. The number of thiophene rings is 1. The number of hydrogen-bond acceptors (Lipinski definition) is 5. The Balaban J connectivity index is 1.57. The number of piperazine rings is 1. The van der Waals surface area contributed by atoms with E-state index in [-0.39, 0.29) is 11.8 Å². The van der Waals surface area contributed by atoms with E-state index in [9.17, 15) is 9.59 Å². The van der Waals surface area contributed by atoms with E-state index in [1.807, 2.05) is 52.7 Å². The first-order chi connectivity index (χ1) is 14.0. The Hall–Kier alpha value is -2.77.